The molecule has 2 heterocycles. The standard InChI is InChI=1S/C10H12N2O4/c13-8-6-7-4-2-1-3-5-11(7)10(14)9(8)12(15)16/h6,13H,1-5H2. The lowest BCUT2D eigenvalue weighted by Crippen LogP contribution is -2.24. The molecule has 0 atom stereocenters. The van der Waals surface area contributed by atoms with E-state index in [-0.39, 0.29) is 0 Å². The molecule has 2 rings (SSSR count). The van der Waals surface area contributed by atoms with Gasteiger partial charge in [0.15, 0.2) is 0 Å². The van der Waals surface area contributed by atoms with E-state index >= 15 is 0 Å². The van der Waals surface area contributed by atoms with E-state index in [1.807, 2.05) is 0 Å². The van der Waals surface area contributed by atoms with Gasteiger partial charge in [0.1, 0.15) is 0 Å². The molecule has 1 aliphatic heterocycles. The molecule has 6 heteroatoms. The van der Waals surface area contributed by atoms with Gasteiger partial charge in [-0.15, -0.1) is 0 Å². The van der Waals surface area contributed by atoms with Crippen LogP contribution in [0.25, 0.3) is 0 Å². The second-order valence-corrected chi connectivity index (χ2v) is 3.89. The van der Waals surface area contributed by atoms with Gasteiger partial charge < -0.3 is 9.67 Å². The topological polar surface area (TPSA) is 85.4 Å². The van der Waals surface area contributed by atoms with E-state index < -0.39 is 21.9 Å². The maximum atomic E-state index is 11.8. The first kappa shape index (κ1) is 10.7. The number of hydrogen-bond donors (Lipinski definition) is 1. The van der Waals surface area contributed by atoms with Gasteiger partial charge in [-0.25, -0.2) is 0 Å². The smallest absolute Gasteiger partial charge is 0.375 e. The van der Waals surface area contributed by atoms with Gasteiger partial charge in [0.25, 0.3) is 0 Å². The van der Waals surface area contributed by atoms with E-state index in [1.54, 1.807) is 0 Å². The molecule has 16 heavy (non-hydrogen) atoms. The molecule has 0 fully saturated rings. The second-order valence-electron chi connectivity index (χ2n) is 3.89. The maximum absolute atomic E-state index is 11.8. The van der Waals surface area contributed by atoms with Gasteiger partial charge in [-0.2, -0.15) is 0 Å². The SMILES string of the molecule is O=c1c([N+](=O)[O-])c(O)cc2n1CCCCC2. The van der Waals surface area contributed by atoms with Crippen LogP contribution in [0.2, 0.25) is 0 Å². The van der Waals surface area contributed by atoms with Gasteiger partial charge in [-0.3, -0.25) is 14.9 Å². The third-order valence-corrected chi connectivity index (χ3v) is 2.84. The molecule has 1 N–H and O–H groups in total. The van der Waals surface area contributed by atoms with Crippen molar-refractivity contribution in [3.8, 4) is 5.75 Å². The molecule has 0 unspecified atom stereocenters. The number of pyridine rings is 1. The van der Waals surface area contributed by atoms with Gasteiger partial charge in [-0.1, -0.05) is 6.42 Å². The van der Waals surface area contributed by atoms with Crippen LogP contribution in [-0.2, 0) is 13.0 Å². The Labute approximate surface area is 91.3 Å². The summed E-state index contributed by atoms with van der Waals surface area (Å²) in [6, 6.07) is 1.34. The van der Waals surface area contributed by atoms with Crippen LogP contribution in [0, 0.1) is 10.1 Å². The Morgan fingerprint density at radius 1 is 1.38 bits per heavy atom. The molecule has 6 nitrogen and oxygen atoms in total. The minimum Gasteiger partial charge on any atom is -0.502 e. The van der Waals surface area contributed by atoms with Crippen molar-refractivity contribution in [3.05, 3.63) is 32.2 Å². The van der Waals surface area contributed by atoms with E-state index in [0.29, 0.717) is 18.7 Å². The summed E-state index contributed by atoms with van der Waals surface area (Å²) in [6.07, 6.45) is 3.46. The first-order chi connectivity index (χ1) is 7.61. The molecule has 0 amide bonds. The van der Waals surface area contributed by atoms with Gasteiger partial charge in [0.2, 0.25) is 5.75 Å². The first-order valence-corrected chi connectivity index (χ1v) is 5.21. The Hall–Kier alpha value is -1.85. The number of hydrogen-bond acceptors (Lipinski definition) is 4. The van der Waals surface area contributed by atoms with Crippen LogP contribution in [-0.4, -0.2) is 14.6 Å². The molecular weight excluding hydrogens is 212 g/mol. The summed E-state index contributed by atoms with van der Waals surface area (Å²) in [5, 5.41) is 20.1. The van der Waals surface area contributed by atoms with Crippen molar-refractivity contribution in [3.63, 3.8) is 0 Å². The van der Waals surface area contributed by atoms with Gasteiger partial charge >= 0.3 is 11.2 Å². The van der Waals surface area contributed by atoms with E-state index in [9.17, 15) is 20.0 Å². The van der Waals surface area contributed by atoms with Crippen molar-refractivity contribution in [2.24, 2.45) is 0 Å². The zero-order chi connectivity index (χ0) is 11.7. The molecule has 1 aromatic heterocycles. The largest absolute Gasteiger partial charge is 0.502 e. The van der Waals surface area contributed by atoms with Crippen LogP contribution < -0.4 is 5.56 Å². The van der Waals surface area contributed by atoms with Crippen LogP contribution in [0.5, 0.6) is 5.75 Å². The number of aromatic nitrogens is 1. The number of fused-ring (bicyclic) bond motifs is 1. The summed E-state index contributed by atoms with van der Waals surface area (Å²) in [6.45, 7) is 0.495. The zero-order valence-electron chi connectivity index (χ0n) is 8.68. The van der Waals surface area contributed by atoms with E-state index in [2.05, 4.69) is 0 Å². The number of nitrogens with zero attached hydrogens (tertiary/aromatic N) is 2. The molecule has 0 aliphatic carbocycles. The van der Waals surface area contributed by atoms with E-state index in [4.69, 9.17) is 0 Å². The fourth-order valence-corrected chi connectivity index (χ4v) is 2.05. The third kappa shape index (κ3) is 1.66. The van der Waals surface area contributed by atoms with Crippen LogP contribution in [0.3, 0.4) is 0 Å². The first-order valence-electron chi connectivity index (χ1n) is 5.21. The van der Waals surface area contributed by atoms with E-state index in [1.165, 1.54) is 10.6 Å². The fourth-order valence-electron chi connectivity index (χ4n) is 2.05. The normalized spacial score (nSPS) is 15.2. The molecule has 0 saturated carbocycles. The van der Waals surface area contributed by atoms with Crippen LogP contribution in [0.15, 0.2) is 10.9 Å². The minimum atomic E-state index is -0.824. The van der Waals surface area contributed by atoms with Crippen molar-refractivity contribution in [2.45, 2.75) is 32.2 Å². The Bertz CT molecular complexity index is 492. The molecule has 0 bridgehead atoms. The Balaban J connectivity index is 2.65. The highest BCUT2D eigenvalue weighted by atomic mass is 16.6. The summed E-state index contributed by atoms with van der Waals surface area (Å²) < 4.78 is 1.41. The maximum Gasteiger partial charge on any atom is 0.375 e. The van der Waals surface area contributed by atoms with Crippen LogP contribution in [0.4, 0.5) is 5.69 Å². The third-order valence-electron chi connectivity index (χ3n) is 2.84. The molecule has 1 aromatic rings. The number of aromatic hydroxyl groups is 1. The van der Waals surface area contributed by atoms with Crippen molar-refractivity contribution < 1.29 is 10.0 Å². The zero-order valence-corrected chi connectivity index (χ0v) is 8.68. The average molecular weight is 224 g/mol. The summed E-state index contributed by atoms with van der Waals surface area (Å²) in [5.41, 5.74) is -0.724. The molecule has 0 aromatic carbocycles. The molecule has 1 aliphatic rings. The summed E-state index contributed by atoms with van der Waals surface area (Å²) in [5.74, 6) is -0.525. The average Bonchev–Trinajstić information content (AvgIpc) is 2.42. The summed E-state index contributed by atoms with van der Waals surface area (Å²) >= 11 is 0. The molecule has 86 valence electrons. The predicted octanol–water partition coefficient (Wildman–Crippen LogP) is 1.19. The highest BCUT2D eigenvalue weighted by molar-refractivity contribution is 5.44. The summed E-state index contributed by atoms with van der Waals surface area (Å²) in [4.78, 5) is 21.6. The number of rotatable bonds is 1. The number of aryl methyl sites for hydroxylation is 1. The quantitative estimate of drug-likeness (QED) is 0.573. The molecule has 0 spiro atoms. The van der Waals surface area contributed by atoms with Gasteiger partial charge in [0, 0.05) is 18.3 Å². The van der Waals surface area contributed by atoms with Crippen molar-refractivity contribution >= 4 is 5.69 Å². The van der Waals surface area contributed by atoms with Crippen molar-refractivity contribution in [2.75, 3.05) is 0 Å². The lowest BCUT2D eigenvalue weighted by molar-refractivity contribution is -0.387. The van der Waals surface area contributed by atoms with Gasteiger partial charge in [-0.05, 0) is 19.3 Å². The predicted molar refractivity (Wildman–Crippen MR) is 56.6 cm³/mol. The lowest BCUT2D eigenvalue weighted by atomic mass is 10.2. The molecule has 0 radical (unpaired) electrons. The summed E-state index contributed by atoms with van der Waals surface area (Å²) in [7, 11) is 0. The van der Waals surface area contributed by atoms with Crippen LogP contribution in [0.1, 0.15) is 25.0 Å². The highest BCUT2D eigenvalue weighted by Crippen LogP contribution is 2.24. The number of nitro groups is 1. The highest BCUT2D eigenvalue weighted by Gasteiger charge is 2.24. The minimum absolute atomic E-state index is 0.495. The molecule has 0 saturated heterocycles. The van der Waals surface area contributed by atoms with E-state index in [0.717, 1.165) is 19.3 Å². The fraction of sp³-hybridized carbons (Fsp3) is 0.500. The Morgan fingerprint density at radius 2 is 2.12 bits per heavy atom. The monoisotopic (exact) mass is 224 g/mol. The second kappa shape index (κ2) is 3.96. The van der Waals surface area contributed by atoms with Crippen LogP contribution >= 0.6 is 0 Å². The molecular formula is C10H12N2O4. The van der Waals surface area contributed by atoms with Crippen molar-refractivity contribution in [1.29, 1.82) is 0 Å². The Kier molecular flexibility index (Phi) is 2.64. The van der Waals surface area contributed by atoms with Crippen molar-refractivity contribution in [1.82, 2.24) is 4.57 Å². The van der Waals surface area contributed by atoms with Gasteiger partial charge in [0.05, 0.1) is 4.92 Å². The Morgan fingerprint density at radius 3 is 2.81 bits per heavy atom. The lowest BCUT2D eigenvalue weighted by Gasteiger charge is -2.09.